The van der Waals surface area contributed by atoms with Crippen molar-refractivity contribution in [3.05, 3.63) is 11.6 Å². The number of aliphatic hydroxyl groups is 1. The van der Waals surface area contributed by atoms with E-state index in [2.05, 4.69) is 6.92 Å². The Morgan fingerprint density at radius 2 is 2.09 bits per heavy atom. The molecule has 5 aliphatic carbocycles. The van der Waals surface area contributed by atoms with Crippen molar-refractivity contribution >= 4 is 17.4 Å². The van der Waals surface area contributed by atoms with E-state index in [1.807, 2.05) is 6.08 Å². The molecule has 3 heteroatoms. The van der Waals surface area contributed by atoms with Gasteiger partial charge in [-0.25, -0.2) is 0 Å². The quantitative estimate of drug-likeness (QED) is 0.733. The van der Waals surface area contributed by atoms with Crippen LogP contribution in [0, 0.1) is 34.5 Å². The van der Waals surface area contributed by atoms with Crippen LogP contribution in [-0.4, -0.2) is 22.4 Å². The molecule has 0 bridgehead atoms. The number of rotatable bonds is 1. The summed E-state index contributed by atoms with van der Waals surface area (Å²) in [6.07, 6.45) is 10.7. The molecule has 0 amide bonds. The molecule has 0 heterocycles. The molecule has 23 heavy (non-hydrogen) atoms. The zero-order valence-electron chi connectivity index (χ0n) is 14.0. The Hall–Kier alpha value is -0.340. The number of allylic oxidation sites excluding steroid dienone is 1. The summed E-state index contributed by atoms with van der Waals surface area (Å²) < 4.78 is 0. The third kappa shape index (κ3) is 1.59. The van der Waals surface area contributed by atoms with Gasteiger partial charge in [-0.2, -0.15) is 0 Å². The molecule has 0 aliphatic heterocycles. The molecular weight excluding hydrogens is 308 g/mol. The highest BCUT2D eigenvalue weighted by Crippen LogP contribution is 2.84. The zero-order chi connectivity index (χ0) is 16.0. The fourth-order valence-electron chi connectivity index (χ4n) is 7.81. The number of fused-ring (bicyclic) bond motifs is 3. The van der Waals surface area contributed by atoms with E-state index >= 15 is 0 Å². The predicted molar refractivity (Wildman–Crippen MR) is 90.2 cm³/mol. The maximum Gasteiger partial charge on any atom is 0.155 e. The highest BCUT2D eigenvalue weighted by molar-refractivity contribution is 6.18. The Labute approximate surface area is 143 Å². The minimum Gasteiger partial charge on any atom is -0.388 e. The second kappa shape index (κ2) is 4.43. The first-order chi connectivity index (χ1) is 11.0. The lowest BCUT2D eigenvalue weighted by molar-refractivity contribution is -0.133. The lowest BCUT2D eigenvalue weighted by Crippen LogP contribution is -2.56. The third-order valence-electron chi connectivity index (χ3n) is 8.95. The van der Waals surface area contributed by atoms with E-state index in [4.69, 9.17) is 11.6 Å². The summed E-state index contributed by atoms with van der Waals surface area (Å²) in [5, 5.41) is 11.2. The van der Waals surface area contributed by atoms with Crippen LogP contribution in [0.25, 0.3) is 0 Å². The Morgan fingerprint density at radius 3 is 2.87 bits per heavy atom. The number of carbonyl (C=O) groups excluding carboxylic acids is 1. The van der Waals surface area contributed by atoms with Gasteiger partial charge in [-0.15, -0.1) is 11.6 Å². The first kappa shape index (κ1) is 15.0. The molecule has 5 aliphatic rings. The molecule has 1 N–H and O–H groups in total. The predicted octanol–water partition coefficient (Wildman–Crippen LogP) is 4.10. The largest absolute Gasteiger partial charge is 0.388 e. The van der Waals surface area contributed by atoms with Crippen molar-refractivity contribution in [3.63, 3.8) is 0 Å². The summed E-state index contributed by atoms with van der Waals surface area (Å²) in [6, 6.07) is 0. The summed E-state index contributed by atoms with van der Waals surface area (Å²) in [4.78, 5) is 11.8. The van der Waals surface area contributed by atoms with Crippen LogP contribution in [0.5, 0.6) is 0 Å². The Bertz CT molecular complexity index is 613. The van der Waals surface area contributed by atoms with Crippen LogP contribution in [0.4, 0.5) is 0 Å². The van der Waals surface area contributed by atoms with E-state index in [0.717, 1.165) is 43.9 Å². The molecule has 0 saturated heterocycles. The monoisotopic (exact) mass is 334 g/mol. The molecule has 0 radical (unpaired) electrons. The summed E-state index contributed by atoms with van der Waals surface area (Å²) in [5.74, 6) is 3.58. The smallest absolute Gasteiger partial charge is 0.155 e. The molecule has 4 saturated carbocycles. The fourth-order valence-corrected chi connectivity index (χ4v) is 8.21. The summed E-state index contributed by atoms with van der Waals surface area (Å²) in [7, 11) is 0. The van der Waals surface area contributed by atoms with Crippen LogP contribution in [0.15, 0.2) is 11.6 Å². The van der Waals surface area contributed by atoms with Crippen LogP contribution in [0.1, 0.15) is 58.3 Å². The van der Waals surface area contributed by atoms with Gasteiger partial charge in [0.25, 0.3) is 0 Å². The number of carbonyl (C=O) groups is 1. The average molecular weight is 335 g/mol. The highest BCUT2D eigenvalue weighted by atomic mass is 35.5. The number of hydrogen-bond acceptors (Lipinski definition) is 2. The van der Waals surface area contributed by atoms with Crippen LogP contribution in [0.3, 0.4) is 0 Å². The zero-order valence-corrected chi connectivity index (χ0v) is 14.7. The molecule has 7 atom stereocenters. The number of halogens is 1. The molecule has 126 valence electrons. The second-order valence-electron chi connectivity index (χ2n) is 9.32. The van der Waals surface area contributed by atoms with Gasteiger partial charge in [0, 0.05) is 11.8 Å². The number of ketones is 1. The minimum absolute atomic E-state index is 0.0132. The van der Waals surface area contributed by atoms with Gasteiger partial charge in [0.15, 0.2) is 5.78 Å². The van der Waals surface area contributed by atoms with Crippen LogP contribution in [0.2, 0.25) is 0 Å². The fraction of sp³-hybridized carbons (Fsp3) is 0.850. The van der Waals surface area contributed by atoms with Crippen molar-refractivity contribution in [1.82, 2.24) is 0 Å². The molecule has 5 rings (SSSR count). The van der Waals surface area contributed by atoms with Gasteiger partial charge < -0.3 is 5.11 Å². The van der Waals surface area contributed by atoms with Gasteiger partial charge in [-0.1, -0.05) is 12.5 Å². The van der Waals surface area contributed by atoms with E-state index in [-0.39, 0.29) is 5.41 Å². The third-order valence-corrected chi connectivity index (χ3v) is 9.40. The maximum atomic E-state index is 11.8. The normalized spacial score (nSPS) is 57.0. The van der Waals surface area contributed by atoms with Gasteiger partial charge in [0.1, 0.15) is 0 Å². The first-order valence-electron chi connectivity index (χ1n) is 9.47. The standard InChI is InChI=1S/C20H27ClO2/c1-18-7-6-16-15-4-3-14(22)8-12(15)2-5-17(16)20(18)10-13(20)9-19(18,23)11-21/h8,13,15-17,23H,2-7,9-11H2,1H3/t13-,15+,16-,17-,18-,19-,20-/m1/s1. The summed E-state index contributed by atoms with van der Waals surface area (Å²) >= 11 is 6.25. The molecule has 4 fully saturated rings. The molecular formula is C20H27ClO2. The average Bonchev–Trinajstić information content (AvgIpc) is 3.20. The van der Waals surface area contributed by atoms with E-state index in [0.29, 0.717) is 28.9 Å². The molecule has 2 nitrogen and oxygen atoms in total. The van der Waals surface area contributed by atoms with Crippen molar-refractivity contribution in [2.75, 3.05) is 5.88 Å². The second-order valence-corrected chi connectivity index (χ2v) is 9.59. The van der Waals surface area contributed by atoms with Gasteiger partial charge >= 0.3 is 0 Å². The van der Waals surface area contributed by atoms with Gasteiger partial charge in [-0.3, -0.25) is 4.79 Å². The highest BCUT2D eigenvalue weighted by Gasteiger charge is 2.80. The SMILES string of the molecule is C[C@]12CC[C@H]3[C@@H](CCC4=CC(=O)CC[C@@H]43)[C@]13C[C@H]3C[C@@]2(O)CCl. The molecule has 1 spiro atoms. The Morgan fingerprint density at radius 1 is 1.26 bits per heavy atom. The van der Waals surface area contributed by atoms with Crippen molar-refractivity contribution in [2.24, 2.45) is 34.5 Å². The van der Waals surface area contributed by atoms with Crippen molar-refractivity contribution in [3.8, 4) is 0 Å². The number of alkyl halides is 1. The van der Waals surface area contributed by atoms with Gasteiger partial charge in [-0.05, 0) is 80.1 Å². The molecule has 0 unspecified atom stereocenters. The summed E-state index contributed by atoms with van der Waals surface area (Å²) in [5.41, 5.74) is 1.16. The van der Waals surface area contributed by atoms with E-state index in [1.165, 1.54) is 24.8 Å². The van der Waals surface area contributed by atoms with Crippen molar-refractivity contribution < 1.29 is 9.90 Å². The first-order valence-corrected chi connectivity index (χ1v) is 10.0. The van der Waals surface area contributed by atoms with Crippen LogP contribution in [-0.2, 0) is 4.79 Å². The van der Waals surface area contributed by atoms with E-state index in [9.17, 15) is 9.90 Å². The van der Waals surface area contributed by atoms with Crippen LogP contribution >= 0.6 is 11.6 Å². The van der Waals surface area contributed by atoms with E-state index < -0.39 is 5.60 Å². The lowest BCUT2D eigenvalue weighted by Gasteiger charge is -2.58. The Kier molecular flexibility index (Phi) is 2.88. The Balaban J connectivity index is 1.53. The molecule has 0 aromatic heterocycles. The van der Waals surface area contributed by atoms with Gasteiger partial charge in [0.05, 0.1) is 11.5 Å². The molecule has 0 aromatic rings. The van der Waals surface area contributed by atoms with E-state index in [1.54, 1.807) is 0 Å². The van der Waals surface area contributed by atoms with Crippen molar-refractivity contribution in [1.29, 1.82) is 0 Å². The summed E-state index contributed by atoms with van der Waals surface area (Å²) in [6.45, 7) is 2.34. The maximum absolute atomic E-state index is 11.8. The molecule has 0 aromatic carbocycles. The van der Waals surface area contributed by atoms with Gasteiger partial charge in [0.2, 0.25) is 0 Å². The minimum atomic E-state index is -0.652. The number of hydrogen-bond donors (Lipinski definition) is 1. The van der Waals surface area contributed by atoms with Crippen LogP contribution < -0.4 is 0 Å². The lowest BCUT2D eigenvalue weighted by atomic mass is 9.48. The van der Waals surface area contributed by atoms with Crippen molar-refractivity contribution in [2.45, 2.75) is 63.9 Å². The topological polar surface area (TPSA) is 37.3 Å².